The Morgan fingerprint density at radius 2 is 1.58 bits per heavy atom. The third kappa shape index (κ3) is 4.75. The molecule has 160 valence electrons. The summed E-state index contributed by atoms with van der Waals surface area (Å²) in [5.41, 5.74) is 3.07. The highest BCUT2D eigenvalue weighted by Crippen LogP contribution is 2.27. The average molecular weight is 455 g/mol. The molecule has 2 aromatic heterocycles. The van der Waals surface area contributed by atoms with Crippen molar-refractivity contribution < 1.29 is 4.42 Å². The molecule has 0 saturated carbocycles. The Balaban J connectivity index is 1.44. The first-order valence-corrected chi connectivity index (χ1v) is 11.4. The third-order valence-corrected chi connectivity index (χ3v) is 6.23. The number of anilines is 1. The van der Waals surface area contributed by atoms with Crippen molar-refractivity contribution in [1.29, 1.82) is 0 Å². The number of aromatic nitrogens is 5. The van der Waals surface area contributed by atoms with Gasteiger partial charge in [-0.3, -0.25) is 0 Å². The zero-order valence-corrected chi connectivity index (χ0v) is 19.2. The Kier molecular flexibility index (Phi) is 6.58. The van der Waals surface area contributed by atoms with Crippen LogP contribution in [0.15, 0.2) is 58.1 Å². The summed E-state index contributed by atoms with van der Waals surface area (Å²) < 4.78 is 7.75. The molecule has 7 nitrogen and oxygen atoms in total. The van der Waals surface area contributed by atoms with E-state index in [9.17, 15) is 0 Å². The van der Waals surface area contributed by atoms with Crippen molar-refractivity contribution in [2.24, 2.45) is 7.05 Å². The highest BCUT2D eigenvalue weighted by atomic mass is 35.5. The quantitative estimate of drug-likeness (QED) is 0.333. The van der Waals surface area contributed by atoms with Gasteiger partial charge in [0.2, 0.25) is 11.8 Å². The molecule has 0 atom stereocenters. The number of halogens is 1. The van der Waals surface area contributed by atoms with Crippen LogP contribution in [0.25, 0.3) is 22.8 Å². The van der Waals surface area contributed by atoms with Gasteiger partial charge in [0.25, 0.3) is 0 Å². The molecule has 0 fully saturated rings. The van der Waals surface area contributed by atoms with Crippen LogP contribution in [0.2, 0.25) is 5.02 Å². The van der Waals surface area contributed by atoms with Crippen molar-refractivity contribution >= 4 is 29.1 Å². The Morgan fingerprint density at radius 3 is 2.26 bits per heavy atom. The molecule has 9 heteroatoms. The summed E-state index contributed by atoms with van der Waals surface area (Å²) in [7, 11) is 1.96. The van der Waals surface area contributed by atoms with Crippen LogP contribution in [0.1, 0.15) is 19.7 Å². The van der Waals surface area contributed by atoms with E-state index in [0.717, 1.165) is 35.2 Å². The van der Waals surface area contributed by atoms with Gasteiger partial charge in [0.1, 0.15) is 0 Å². The molecule has 0 spiro atoms. The fourth-order valence-electron chi connectivity index (χ4n) is 3.25. The number of thioether (sulfide) groups is 1. The molecule has 0 saturated heterocycles. The minimum absolute atomic E-state index is 0.471. The van der Waals surface area contributed by atoms with Crippen molar-refractivity contribution in [1.82, 2.24) is 25.0 Å². The van der Waals surface area contributed by atoms with Crippen molar-refractivity contribution in [3.8, 4) is 22.8 Å². The van der Waals surface area contributed by atoms with E-state index in [1.807, 2.05) is 23.7 Å². The number of hydrogen-bond donors (Lipinski definition) is 0. The molecule has 0 N–H and O–H groups in total. The molecule has 4 rings (SSSR count). The second kappa shape index (κ2) is 9.53. The first-order chi connectivity index (χ1) is 15.1. The van der Waals surface area contributed by atoms with Crippen LogP contribution < -0.4 is 4.90 Å². The van der Waals surface area contributed by atoms with Gasteiger partial charge in [-0.25, -0.2) is 0 Å². The lowest BCUT2D eigenvalue weighted by Crippen LogP contribution is -2.21. The minimum atomic E-state index is 0.471. The van der Waals surface area contributed by atoms with E-state index in [0.29, 0.717) is 22.6 Å². The van der Waals surface area contributed by atoms with Gasteiger partial charge in [0, 0.05) is 42.0 Å². The van der Waals surface area contributed by atoms with Crippen molar-refractivity contribution in [3.05, 3.63) is 59.4 Å². The van der Waals surface area contributed by atoms with E-state index in [2.05, 4.69) is 63.4 Å². The van der Waals surface area contributed by atoms with Gasteiger partial charge in [-0.2, -0.15) is 0 Å². The molecule has 0 aliphatic carbocycles. The lowest BCUT2D eigenvalue weighted by Gasteiger charge is -2.21. The van der Waals surface area contributed by atoms with Crippen LogP contribution in [0, 0.1) is 0 Å². The second-order valence-electron chi connectivity index (χ2n) is 6.88. The summed E-state index contributed by atoms with van der Waals surface area (Å²) in [5.74, 6) is 2.33. The second-order valence-corrected chi connectivity index (χ2v) is 8.26. The average Bonchev–Trinajstić information content (AvgIpc) is 3.41. The molecule has 0 radical (unpaired) electrons. The molecule has 2 heterocycles. The summed E-state index contributed by atoms with van der Waals surface area (Å²) in [6.07, 6.45) is 0. The van der Waals surface area contributed by atoms with Crippen molar-refractivity contribution in [2.45, 2.75) is 24.8 Å². The zero-order valence-electron chi connectivity index (χ0n) is 17.6. The summed E-state index contributed by atoms with van der Waals surface area (Å²) in [6.45, 7) is 6.28. The standard InChI is InChI=1S/C22H23ClN6OS/c1-4-29(5-2)18-12-8-15(9-13-18)20-25-27-22(28(20)3)31-14-19-24-26-21(30-19)16-6-10-17(23)11-7-16/h6-13H,4-5,14H2,1-3H3. The Morgan fingerprint density at radius 1 is 0.903 bits per heavy atom. The van der Waals surface area contributed by atoms with Crippen LogP contribution >= 0.6 is 23.4 Å². The fourth-order valence-corrected chi connectivity index (χ4v) is 4.12. The number of rotatable bonds is 8. The number of hydrogen-bond acceptors (Lipinski definition) is 7. The zero-order chi connectivity index (χ0) is 21.8. The van der Waals surface area contributed by atoms with Gasteiger partial charge in [-0.05, 0) is 62.4 Å². The molecule has 0 bridgehead atoms. The van der Waals surface area contributed by atoms with E-state index in [1.54, 1.807) is 12.1 Å². The molecule has 2 aromatic carbocycles. The predicted octanol–water partition coefficient (Wildman–Crippen LogP) is 5.32. The van der Waals surface area contributed by atoms with Gasteiger partial charge in [0.15, 0.2) is 11.0 Å². The Labute approximate surface area is 190 Å². The van der Waals surface area contributed by atoms with E-state index >= 15 is 0 Å². The maximum atomic E-state index is 5.93. The SMILES string of the molecule is CCN(CC)c1ccc(-c2nnc(SCc3nnc(-c4ccc(Cl)cc4)o3)n2C)cc1. The van der Waals surface area contributed by atoms with Crippen molar-refractivity contribution in [3.63, 3.8) is 0 Å². The normalized spacial score (nSPS) is 11.1. The minimum Gasteiger partial charge on any atom is -0.420 e. The van der Waals surface area contributed by atoms with Crippen LogP contribution in [-0.4, -0.2) is 38.1 Å². The predicted molar refractivity (Wildman–Crippen MR) is 124 cm³/mol. The summed E-state index contributed by atoms with van der Waals surface area (Å²) >= 11 is 7.44. The first-order valence-electron chi connectivity index (χ1n) is 10.0. The Hall–Kier alpha value is -2.84. The molecule has 0 aliphatic heterocycles. The Bertz CT molecular complexity index is 1140. The van der Waals surface area contributed by atoms with Gasteiger partial charge < -0.3 is 13.9 Å². The molecule has 0 unspecified atom stereocenters. The number of benzene rings is 2. The lowest BCUT2D eigenvalue weighted by molar-refractivity contribution is 0.528. The number of nitrogens with zero attached hydrogens (tertiary/aromatic N) is 6. The molecule has 4 aromatic rings. The van der Waals surface area contributed by atoms with Crippen LogP contribution in [0.4, 0.5) is 5.69 Å². The van der Waals surface area contributed by atoms with Crippen LogP contribution in [0.5, 0.6) is 0 Å². The molecule has 0 amide bonds. The third-order valence-electron chi connectivity index (χ3n) is 4.97. The van der Waals surface area contributed by atoms with Gasteiger partial charge in [-0.15, -0.1) is 20.4 Å². The summed E-state index contributed by atoms with van der Waals surface area (Å²) in [6, 6.07) is 15.7. The highest BCUT2D eigenvalue weighted by Gasteiger charge is 2.14. The van der Waals surface area contributed by atoms with Crippen LogP contribution in [0.3, 0.4) is 0 Å². The first kappa shape index (κ1) is 21.4. The van der Waals surface area contributed by atoms with Crippen LogP contribution in [-0.2, 0) is 12.8 Å². The highest BCUT2D eigenvalue weighted by molar-refractivity contribution is 7.98. The molecule has 31 heavy (non-hydrogen) atoms. The topological polar surface area (TPSA) is 72.9 Å². The van der Waals surface area contributed by atoms with Gasteiger partial charge in [0.05, 0.1) is 5.75 Å². The fraction of sp³-hybridized carbons (Fsp3) is 0.273. The smallest absolute Gasteiger partial charge is 0.247 e. The molecular formula is C22H23ClN6OS. The van der Waals surface area contributed by atoms with Gasteiger partial charge in [-0.1, -0.05) is 23.4 Å². The van der Waals surface area contributed by atoms with E-state index < -0.39 is 0 Å². The van der Waals surface area contributed by atoms with E-state index in [4.69, 9.17) is 16.0 Å². The summed E-state index contributed by atoms with van der Waals surface area (Å²) in [4.78, 5) is 2.31. The molecule has 0 aliphatic rings. The molecular weight excluding hydrogens is 432 g/mol. The van der Waals surface area contributed by atoms with E-state index in [-0.39, 0.29) is 0 Å². The van der Waals surface area contributed by atoms with Crippen molar-refractivity contribution in [2.75, 3.05) is 18.0 Å². The van der Waals surface area contributed by atoms with Gasteiger partial charge >= 0.3 is 0 Å². The maximum absolute atomic E-state index is 5.93. The largest absolute Gasteiger partial charge is 0.420 e. The maximum Gasteiger partial charge on any atom is 0.247 e. The lowest BCUT2D eigenvalue weighted by atomic mass is 10.2. The van der Waals surface area contributed by atoms with E-state index in [1.165, 1.54) is 17.4 Å². The summed E-state index contributed by atoms with van der Waals surface area (Å²) in [5, 5.41) is 18.4. The monoisotopic (exact) mass is 454 g/mol.